The number of hydrogen-bond donors (Lipinski definition) is 0. The van der Waals surface area contributed by atoms with E-state index in [2.05, 4.69) is 262 Å². The van der Waals surface area contributed by atoms with Gasteiger partial charge in [-0.05, 0) is 183 Å². The van der Waals surface area contributed by atoms with E-state index in [0.29, 0.717) is 0 Å². The molecule has 2 aromatic rings. The quantitative estimate of drug-likeness (QED) is 0.160. The summed E-state index contributed by atoms with van der Waals surface area (Å²) in [4.78, 5) is 0. The highest BCUT2D eigenvalue weighted by molar-refractivity contribution is 9.33. The van der Waals surface area contributed by atoms with Crippen molar-refractivity contribution in [2.75, 3.05) is 0 Å². The van der Waals surface area contributed by atoms with E-state index in [1.54, 1.807) is 0 Å². The van der Waals surface area contributed by atoms with E-state index >= 15 is 0 Å². The van der Waals surface area contributed by atoms with Crippen molar-refractivity contribution >= 4 is 255 Å². The molecule has 0 aromatic heterocycles. The number of halogens is 16. The number of rotatable bonds is 2. The average Bonchev–Trinajstić information content (AvgIpc) is 2.91. The van der Waals surface area contributed by atoms with E-state index in [9.17, 15) is 0 Å². The van der Waals surface area contributed by atoms with Crippen LogP contribution in [0.4, 0.5) is 0 Å². The Morgan fingerprint density at radius 1 is 0.381 bits per heavy atom. The van der Waals surface area contributed by atoms with E-state index in [0.717, 1.165) is 68.7 Å². The number of benzene rings is 2. The Morgan fingerprint density at radius 2 is 0.595 bits per heavy atom. The Morgan fingerprint density at radius 3 is 0.857 bits per heavy atom. The Bertz CT molecular complexity index is 1120. The topological polar surface area (TPSA) is 0 Å². The van der Waals surface area contributed by atoms with Gasteiger partial charge < -0.3 is 0 Å². The minimum absolute atomic E-state index is 0.0823. The molecule has 16 heteroatoms. The molecule has 0 unspecified atom stereocenters. The summed E-state index contributed by atoms with van der Waals surface area (Å²) in [6.45, 7) is 2.16. The van der Waals surface area contributed by atoms with Gasteiger partial charge in [0, 0.05) is 50.6 Å². The van der Waals surface area contributed by atoms with Crippen LogP contribution in [0.5, 0.6) is 0 Å². The normalized spacial score (nSPS) is 19.0. The number of hydrogen-bond acceptors (Lipinski definition) is 0. The maximum atomic E-state index is 3.85. The maximum Gasteiger partial charge on any atom is 0.130 e. The van der Waals surface area contributed by atoms with Crippen molar-refractivity contribution in [3.05, 3.63) is 55.9 Å². The van der Waals surface area contributed by atoms with Crippen LogP contribution in [0.15, 0.2) is 44.7 Å². The predicted molar refractivity (Wildman–Crippen MR) is 241 cm³/mol. The van der Waals surface area contributed by atoms with E-state index < -0.39 is 0 Å². The van der Waals surface area contributed by atoms with Crippen LogP contribution in [0.25, 0.3) is 0 Å². The van der Waals surface area contributed by atoms with E-state index in [4.69, 9.17) is 0 Å². The lowest BCUT2D eigenvalue weighted by Gasteiger charge is -2.44. The summed E-state index contributed by atoms with van der Waals surface area (Å²) < 4.78 is 9.06. The molecule has 1 fully saturated rings. The van der Waals surface area contributed by atoms with Gasteiger partial charge in [0.25, 0.3) is 0 Å². The molecule has 0 amide bonds. The smallest absolute Gasteiger partial charge is 0.0701 e. The summed E-state index contributed by atoms with van der Waals surface area (Å²) in [5.74, 6) is 0.0823. The fraction of sp³-hybridized carbons (Fsp3) is 0.538. The minimum atomic E-state index is -0.292. The summed E-state index contributed by atoms with van der Waals surface area (Å²) in [7, 11) is 0. The third-order valence-corrected chi connectivity index (χ3v) is 30.0. The van der Waals surface area contributed by atoms with Crippen LogP contribution in [-0.4, -0.2) is 9.70 Å². The molecule has 1 aliphatic rings. The second-order valence-corrected chi connectivity index (χ2v) is 28.6. The molecule has 0 saturated heterocycles. The van der Waals surface area contributed by atoms with Gasteiger partial charge in [0.05, 0.1) is 0 Å². The summed E-state index contributed by atoms with van der Waals surface area (Å²) in [5.41, 5.74) is 2.25. The molecule has 42 heavy (non-hydrogen) atoms. The van der Waals surface area contributed by atoms with E-state index in [1.807, 2.05) is 0 Å². The minimum Gasteiger partial charge on any atom is -0.0701 e. The Labute approximate surface area is 383 Å². The van der Waals surface area contributed by atoms with Gasteiger partial charge in [-0.1, -0.05) is 147 Å². The summed E-state index contributed by atoms with van der Waals surface area (Å²) in [5, 5.41) is 0. The van der Waals surface area contributed by atoms with Crippen molar-refractivity contribution in [2.45, 2.75) is 80.3 Å². The average molecular weight is 1610 g/mol. The van der Waals surface area contributed by atoms with Gasteiger partial charge in [-0.15, -0.1) is 0 Å². The molecule has 0 N–H and O–H groups in total. The van der Waals surface area contributed by atoms with Gasteiger partial charge in [-0.2, -0.15) is 0 Å². The van der Waals surface area contributed by atoms with Crippen molar-refractivity contribution in [1.29, 1.82) is 0 Å². The van der Waals surface area contributed by atoms with Gasteiger partial charge in [0.15, 0.2) is 0 Å². The van der Waals surface area contributed by atoms with Crippen molar-refractivity contribution in [2.24, 2.45) is 0 Å². The lowest BCUT2D eigenvalue weighted by Crippen LogP contribution is -2.47. The molecule has 0 aliphatic heterocycles. The van der Waals surface area contributed by atoms with Crippen molar-refractivity contribution in [3.63, 3.8) is 0 Å². The van der Waals surface area contributed by atoms with Crippen LogP contribution in [0.1, 0.15) is 81.8 Å². The molecular formula is C26H22Br16. The van der Waals surface area contributed by atoms with Crippen LogP contribution in [-0.2, 0) is 0 Å². The first-order valence-corrected chi connectivity index (χ1v) is 25.1. The third-order valence-electron chi connectivity index (χ3n) is 6.75. The fourth-order valence-electron chi connectivity index (χ4n) is 4.31. The Balaban J connectivity index is 0.000000307. The molecule has 0 nitrogen and oxygen atoms in total. The van der Waals surface area contributed by atoms with Gasteiger partial charge in [-0.3, -0.25) is 0 Å². The Hall–Kier alpha value is 6.12. The first-order chi connectivity index (χ1) is 19.2. The Kier molecular flexibility index (Phi) is 20.3. The molecule has 0 spiro atoms. The largest absolute Gasteiger partial charge is 0.130 e. The highest BCUT2D eigenvalue weighted by atomic mass is 79.9. The molecule has 1 saturated carbocycles. The highest BCUT2D eigenvalue weighted by Gasteiger charge is 2.56. The first-order valence-electron chi connectivity index (χ1n) is 12.4. The molecule has 0 heterocycles. The SMILES string of the molecule is BrC1(Br)CCCCCCCCCC(Br)(Br)C1(Br)Br.CC(c1c(Br)c(Br)c(Br)c(Br)c1Br)c1c(Br)c(Br)c(Br)c(Br)c1Br. The van der Waals surface area contributed by atoms with Crippen LogP contribution >= 0.6 is 255 Å². The zero-order valence-electron chi connectivity index (χ0n) is 21.5. The van der Waals surface area contributed by atoms with Crippen LogP contribution < -0.4 is 0 Å². The maximum absolute atomic E-state index is 3.85. The highest BCUT2D eigenvalue weighted by Crippen LogP contribution is 2.63. The van der Waals surface area contributed by atoms with Crippen LogP contribution in [0.3, 0.4) is 0 Å². The lowest BCUT2D eigenvalue weighted by molar-refractivity contribution is 0.502. The summed E-state index contributed by atoms with van der Waals surface area (Å²) in [6.07, 6.45) is 11.3. The van der Waals surface area contributed by atoms with Crippen molar-refractivity contribution in [3.8, 4) is 0 Å². The molecule has 0 radical (unpaired) electrons. The first kappa shape index (κ1) is 44.3. The second-order valence-electron chi connectivity index (χ2n) is 9.65. The van der Waals surface area contributed by atoms with Crippen molar-refractivity contribution < 1.29 is 0 Å². The standard InChI is InChI=1S/C14H4Br10.C12H18Br6/c1-2(3-5(15)9(19)13(23)10(20)6(3)16)4-7(17)11(21)14(24)12(22)8(4)18;13-10(14)8-6-4-2-1-3-5-7-9-11(15,16)12(10,17)18/h2H,1H3;1-9H2. The fourth-order valence-corrected chi connectivity index (χ4v) is 16.2. The van der Waals surface area contributed by atoms with E-state index in [-0.39, 0.29) is 15.6 Å². The molecule has 0 atom stereocenters. The zero-order chi connectivity index (χ0) is 32.4. The molecule has 238 valence electrons. The zero-order valence-corrected chi connectivity index (χ0v) is 46.9. The lowest BCUT2D eigenvalue weighted by atomic mass is 9.93. The molecule has 0 bridgehead atoms. The third kappa shape index (κ3) is 10.6. The molecule has 3 rings (SSSR count). The molecule has 2 aromatic carbocycles. The van der Waals surface area contributed by atoms with Crippen LogP contribution in [0.2, 0.25) is 0 Å². The predicted octanol–water partition coefficient (Wildman–Crippen LogP) is 19.4. The van der Waals surface area contributed by atoms with Crippen molar-refractivity contribution in [1.82, 2.24) is 0 Å². The monoisotopic (exact) mass is 1600 g/mol. The molecule has 1 aliphatic carbocycles. The number of alkyl halides is 6. The van der Waals surface area contributed by atoms with Gasteiger partial charge in [0.2, 0.25) is 0 Å². The second kappa shape index (κ2) is 19.3. The summed E-state index contributed by atoms with van der Waals surface area (Å²) >= 11 is 59.7. The van der Waals surface area contributed by atoms with E-state index in [1.165, 1.54) is 44.9 Å². The van der Waals surface area contributed by atoms with Gasteiger partial charge in [-0.25, -0.2) is 0 Å². The van der Waals surface area contributed by atoms with Gasteiger partial charge in [0.1, 0.15) is 9.70 Å². The summed E-state index contributed by atoms with van der Waals surface area (Å²) in [6, 6.07) is 0. The van der Waals surface area contributed by atoms with Crippen LogP contribution in [0, 0.1) is 0 Å². The molecular weight excluding hydrogens is 1590 g/mol. The van der Waals surface area contributed by atoms with Gasteiger partial charge >= 0.3 is 0 Å².